The van der Waals surface area contributed by atoms with Crippen LogP contribution in [0, 0.1) is 11.8 Å². The molecule has 0 aromatic carbocycles. The lowest BCUT2D eigenvalue weighted by molar-refractivity contribution is 0.164. The van der Waals surface area contributed by atoms with Crippen molar-refractivity contribution in [2.24, 2.45) is 16.8 Å². The van der Waals surface area contributed by atoms with E-state index in [1.807, 2.05) is 0 Å². The maximum Gasteiger partial charge on any atom is 0.0887 e. The molecule has 0 heterocycles. The van der Waals surface area contributed by atoms with Crippen molar-refractivity contribution in [1.29, 1.82) is 0 Å². The summed E-state index contributed by atoms with van der Waals surface area (Å²) in [7, 11) is 0. The summed E-state index contributed by atoms with van der Waals surface area (Å²) >= 11 is 0. The SMILES string of the molecule is CC(C)CCC(O)C=NCC(O)CCC(C)C. The van der Waals surface area contributed by atoms with Gasteiger partial charge >= 0.3 is 0 Å². The number of aliphatic hydroxyl groups is 2. The van der Waals surface area contributed by atoms with Crippen molar-refractivity contribution < 1.29 is 10.2 Å². The van der Waals surface area contributed by atoms with Crippen LogP contribution in [0.1, 0.15) is 53.4 Å². The maximum atomic E-state index is 9.63. The lowest BCUT2D eigenvalue weighted by atomic mass is 10.0. The molecule has 0 radical (unpaired) electrons. The largest absolute Gasteiger partial charge is 0.391 e. The molecule has 0 aliphatic rings. The number of hydrogen-bond donors (Lipinski definition) is 2. The zero-order valence-corrected chi connectivity index (χ0v) is 11.8. The van der Waals surface area contributed by atoms with Gasteiger partial charge in [0.25, 0.3) is 0 Å². The van der Waals surface area contributed by atoms with Gasteiger partial charge < -0.3 is 10.2 Å². The molecule has 0 aliphatic carbocycles. The van der Waals surface area contributed by atoms with Crippen molar-refractivity contribution in [2.45, 2.75) is 65.6 Å². The molecule has 0 aromatic heterocycles. The van der Waals surface area contributed by atoms with Crippen LogP contribution in [-0.4, -0.2) is 35.2 Å². The molecule has 102 valence electrons. The molecule has 0 aromatic rings. The molecular weight excluding hydrogens is 214 g/mol. The second kappa shape index (κ2) is 9.60. The fourth-order valence-corrected chi connectivity index (χ4v) is 1.50. The molecule has 2 N–H and O–H groups in total. The first-order chi connectivity index (χ1) is 7.91. The Hall–Kier alpha value is -0.410. The number of rotatable bonds is 9. The number of aliphatic hydroxyl groups excluding tert-OH is 2. The molecule has 0 aliphatic heterocycles. The van der Waals surface area contributed by atoms with Crippen molar-refractivity contribution in [3.8, 4) is 0 Å². The van der Waals surface area contributed by atoms with Gasteiger partial charge in [-0.3, -0.25) is 4.99 Å². The van der Waals surface area contributed by atoms with Crippen molar-refractivity contribution in [1.82, 2.24) is 0 Å². The number of hydrogen-bond acceptors (Lipinski definition) is 3. The van der Waals surface area contributed by atoms with Gasteiger partial charge in [0.1, 0.15) is 0 Å². The van der Waals surface area contributed by atoms with Crippen molar-refractivity contribution >= 4 is 6.21 Å². The minimum absolute atomic E-state index is 0.369. The van der Waals surface area contributed by atoms with E-state index in [1.54, 1.807) is 6.21 Å². The zero-order valence-electron chi connectivity index (χ0n) is 11.8. The standard InChI is InChI=1S/C14H29NO2/c1-11(2)5-7-13(16)9-15-10-14(17)8-6-12(3)4/h9,11-14,16-17H,5-8,10H2,1-4H3. The molecule has 0 saturated heterocycles. The molecule has 2 atom stereocenters. The predicted octanol–water partition coefficient (Wildman–Crippen LogP) is 2.65. The van der Waals surface area contributed by atoms with E-state index in [4.69, 9.17) is 0 Å². The molecule has 0 spiro atoms. The molecular formula is C14H29NO2. The summed E-state index contributed by atoms with van der Waals surface area (Å²) < 4.78 is 0. The van der Waals surface area contributed by atoms with Gasteiger partial charge in [-0.25, -0.2) is 0 Å². The van der Waals surface area contributed by atoms with Gasteiger partial charge in [0.15, 0.2) is 0 Å². The highest BCUT2D eigenvalue weighted by atomic mass is 16.3. The lowest BCUT2D eigenvalue weighted by Crippen LogP contribution is -2.14. The Morgan fingerprint density at radius 3 is 1.94 bits per heavy atom. The fourth-order valence-electron chi connectivity index (χ4n) is 1.50. The van der Waals surface area contributed by atoms with Crippen LogP contribution in [-0.2, 0) is 0 Å². The minimum Gasteiger partial charge on any atom is -0.391 e. The number of nitrogens with zero attached hydrogens (tertiary/aromatic N) is 1. The quantitative estimate of drug-likeness (QED) is 0.612. The highest BCUT2D eigenvalue weighted by Crippen LogP contribution is 2.07. The first-order valence-electron chi connectivity index (χ1n) is 6.77. The molecule has 3 nitrogen and oxygen atoms in total. The number of aliphatic imine (C=N–C) groups is 1. The Balaban J connectivity index is 3.63. The van der Waals surface area contributed by atoms with Crippen LogP contribution >= 0.6 is 0 Å². The van der Waals surface area contributed by atoms with Crippen LogP contribution in [0.25, 0.3) is 0 Å². The van der Waals surface area contributed by atoms with Crippen molar-refractivity contribution in [3.05, 3.63) is 0 Å². The predicted molar refractivity (Wildman–Crippen MR) is 73.5 cm³/mol. The molecule has 0 bridgehead atoms. The second-order valence-electron chi connectivity index (χ2n) is 5.68. The lowest BCUT2D eigenvalue weighted by Gasteiger charge is -2.10. The van der Waals surface area contributed by atoms with E-state index in [1.165, 1.54) is 0 Å². The highest BCUT2D eigenvalue weighted by Gasteiger charge is 2.05. The Morgan fingerprint density at radius 1 is 0.882 bits per heavy atom. The van der Waals surface area contributed by atoms with Crippen LogP contribution < -0.4 is 0 Å². The summed E-state index contributed by atoms with van der Waals surface area (Å²) in [5, 5.41) is 19.2. The van der Waals surface area contributed by atoms with Gasteiger partial charge in [0.05, 0.1) is 18.8 Å². The third-order valence-electron chi connectivity index (χ3n) is 2.71. The van der Waals surface area contributed by atoms with Gasteiger partial charge in [-0.05, 0) is 37.5 Å². The van der Waals surface area contributed by atoms with Crippen LogP contribution in [0.3, 0.4) is 0 Å². The molecule has 2 unspecified atom stereocenters. The second-order valence-corrected chi connectivity index (χ2v) is 5.68. The summed E-state index contributed by atoms with van der Waals surface area (Å²) in [5.41, 5.74) is 0. The van der Waals surface area contributed by atoms with E-state index in [9.17, 15) is 10.2 Å². The maximum absolute atomic E-state index is 9.63. The third kappa shape index (κ3) is 11.8. The van der Waals surface area contributed by atoms with E-state index < -0.39 is 6.10 Å². The van der Waals surface area contributed by atoms with Crippen molar-refractivity contribution in [2.75, 3.05) is 6.54 Å². The summed E-state index contributed by atoms with van der Waals surface area (Å²) in [6.07, 6.45) is 4.30. The van der Waals surface area contributed by atoms with E-state index in [-0.39, 0.29) is 6.10 Å². The smallest absolute Gasteiger partial charge is 0.0887 e. The average Bonchev–Trinajstić information content (AvgIpc) is 2.23. The first kappa shape index (κ1) is 16.6. The summed E-state index contributed by atoms with van der Waals surface area (Å²) in [6, 6.07) is 0. The molecule has 0 amide bonds. The molecule has 0 rings (SSSR count). The van der Waals surface area contributed by atoms with Gasteiger partial charge in [-0.1, -0.05) is 27.7 Å². The van der Waals surface area contributed by atoms with Crippen LogP contribution in [0.2, 0.25) is 0 Å². The van der Waals surface area contributed by atoms with Crippen LogP contribution in [0.15, 0.2) is 4.99 Å². The third-order valence-corrected chi connectivity index (χ3v) is 2.71. The fraction of sp³-hybridized carbons (Fsp3) is 0.929. The normalized spacial score (nSPS) is 16.0. The summed E-state index contributed by atoms with van der Waals surface area (Å²) in [6.45, 7) is 8.97. The van der Waals surface area contributed by atoms with Crippen molar-refractivity contribution in [3.63, 3.8) is 0 Å². The van der Waals surface area contributed by atoms with E-state index in [2.05, 4.69) is 32.7 Å². The Labute approximate surface area is 106 Å². The monoisotopic (exact) mass is 243 g/mol. The van der Waals surface area contributed by atoms with E-state index in [0.29, 0.717) is 18.4 Å². The molecule has 3 heteroatoms. The van der Waals surface area contributed by atoms with Crippen LogP contribution in [0.5, 0.6) is 0 Å². The Bertz CT molecular complexity index is 202. The molecule has 0 fully saturated rings. The summed E-state index contributed by atoms with van der Waals surface area (Å²) in [4.78, 5) is 4.10. The van der Waals surface area contributed by atoms with Gasteiger partial charge in [0.2, 0.25) is 0 Å². The van der Waals surface area contributed by atoms with Gasteiger partial charge in [-0.15, -0.1) is 0 Å². The van der Waals surface area contributed by atoms with E-state index in [0.717, 1.165) is 25.7 Å². The zero-order chi connectivity index (χ0) is 13.3. The van der Waals surface area contributed by atoms with Crippen LogP contribution in [0.4, 0.5) is 0 Å². The first-order valence-corrected chi connectivity index (χ1v) is 6.77. The highest BCUT2D eigenvalue weighted by molar-refractivity contribution is 5.62. The minimum atomic E-state index is -0.463. The Morgan fingerprint density at radius 2 is 1.41 bits per heavy atom. The molecule has 0 saturated carbocycles. The van der Waals surface area contributed by atoms with Gasteiger partial charge in [-0.2, -0.15) is 0 Å². The summed E-state index contributed by atoms with van der Waals surface area (Å²) in [5.74, 6) is 1.22. The average molecular weight is 243 g/mol. The van der Waals surface area contributed by atoms with Gasteiger partial charge in [0, 0.05) is 6.21 Å². The Kier molecular flexibility index (Phi) is 9.37. The topological polar surface area (TPSA) is 52.8 Å². The molecule has 17 heavy (non-hydrogen) atoms. The van der Waals surface area contributed by atoms with E-state index >= 15 is 0 Å².